The zero-order valence-corrected chi connectivity index (χ0v) is 25.8. The lowest BCUT2D eigenvalue weighted by molar-refractivity contribution is 0.608. The van der Waals surface area contributed by atoms with Gasteiger partial charge < -0.3 is 9.44 Å². The molecular weight excluding hydrogens is 589 g/mol. The minimum atomic E-state index is -3.85. The molecule has 1 aromatic rings. The third kappa shape index (κ3) is 13.6. The molecule has 1 aromatic carbocycles. The quantitative estimate of drug-likeness (QED) is 0.0888. The van der Waals surface area contributed by atoms with Crippen molar-refractivity contribution in [1.82, 2.24) is 9.44 Å². The van der Waals surface area contributed by atoms with Gasteiger partial charge in [0, 0.05) is 11.5 Å². The maximum Gasteiger partial charge on any atom is 0.249 e. The Morgan fingerprint density at radius 1 is 0.735 bits per heavy atom. The summed E-state index contributed by atoms with van der Waals surface area (Å²) in [5.74, 6) is 1.65. The molecule has 0 aromatic heterocycles. The lowest BCUT2D eigenvalue weighted by Gasteiger charge is -2.10. The molecule has 0 saturated carbocycles. The summed E-state index contributed by atoms with van der Waals surface area (Å²) in [7, 11) is -6.74. The number of unbranched alkanes of at least 4 members (excludes halogenated alkanes) is 6. The SMILES string of the molecule is CCCCCCSC(=S)NSS(=O)(=O)c1cccc(S(=O)(=O)SNC(=S)SCCCCCC)c1. The number of rotatable bonds is 16. The fourth-order valence-corrected chi connectivity index (χ4v) is 9.69. The van der Waals surface area contributed by atoms with Gasteiger partial charge in [-0.15, -0.1) is 0 Å². The molecule has 0 bridgehead atoms. The number of thiocarbonyl (C=S) groups is 2. The Hall–Kier alpha value is 0.300. The Kier molecular flexibility index (Phi) is 16.8. The summed E-state index contributed by atoms with van der Waals surface area (Å²) in [4.78, 5) is -0.231. The summed E-state index contributed by atoms with van der Waals surface area (Å²) in [5.41, 5.74) is 0. The molecule has 0 saturated heterocycles. The molecule has 2 N–H and O–H groups in total. The van der Waals surface area contributed by atoms with E-state index in [9.17, 15) is 16.8 Å². The summed E-state index contributed by atoms with van der Waals surface area (Å²) in [6.07, 6.45) is 8.91. The number of nitrogens with one attached hydrogen (secondary N) is 2. The molecule has 0 fully saturated rings. The molecule has 0 amide bonds. The van der Waals surface area contributed by atoms with Crippen LogP contribution in [-0.4, -0.2) is 37.0 Å². The van der Waals surface area contributed by atoms with Gasteiger partial charge in [0.15, 0.2) is 0 Å². The second-order valence-corrected chi connectivity index (χ2v) is 17.8. The highest BCUT2D eigenvalue weighted by Gasteiger charge is 2.22. The molecule has 34 heavy (non-hydrogen) atoms. The van der Waals surface area contributed by atoms with Gasteiger partial charge in [-0.05, 0) is 31.0 Å². The molecule has 0 spiro atoms. The highest BCUT2D eigenvalue weighted by molar-refractivity contribution is 8.72. The van der Waals surface area contributed by atoms with Crippen molar-refractivity contribution in [3.63, 3.8) is 0 Å². The molecule has 0 radical (unpaired) electrons. The summed E-state index contributed by atoms with van der Waals surface area (Å²) >= 11 is 13.2. The first-order chi connectivity index (χ1) is 16.1. The van der Waals surface area contributed by atoms with Gasteiger partial charge in [0.05, 0.1) is 31.8 Å². The number of benzene rings is 1. The van der Waals surface area contributed by atoms with Crippen molar-refractivity contribution in [3.8, 4) is 0 Å². The zero-order valence-electron chi connectivity index (χ0n) is 19.3. The largest absolute Gasteiger partial charge is 0.302 e. The first-order valence-corrected chi connectivity index (χ1v) is 19.4. The molecule has 194 valence electrons. The summed E-state index contributed by atoms with van der Waals surface area (Å²) in [6.45, 7) is 4.28. The molecule has 0 aliphatic heterocycles. The van der Waals surface area contributed by atoms with E-state index in [2.05, 4.69) is 23.3 Å². The molecule has 0 aliphatic carbocycles. The smallest absolute Gasteiger partial charge is 0.249 e. The molecular formula is C20H32N2O4S8. The lowest BCUT2D eigenvalue weighted by Crippen LogP contribution is -2.15. The maximum atomic E-state index is 12.7. The van der Waals surface area contributed by atoms with Gasteiger partial charge in [0.2, 0.25) is 17.7 Å². The summed E-state index contributed by atoms with van der Waals surface area (Å²) in [6, 6.07) is 5.27. The van der Waals surface area contributed by atoms with Gasteiger partial charge in [-0.3, -0.25) is 0 Å². The molecule has 14 heteroatoms. The van der Waals surface area contributed by atoms with Crippen LogP contribution in [0.25, 0.3) is 0 Å². The average molecular weight is 621 g/mol. The maximum absolute atomic E-state index is 12.7. The number of thioether (sulfide) groups is 2. The van der Waals surface area contributed by atoms with Crippen LogP contribution in [0.5, 0.6) is 0 Å². The highest BCUT2D eigenvalue weighted by Crippen LogP contribution is 2.28. The first kappa shape index (κ1) is 32.3. The topological polar surface area (TPSA) is 92.3 Å². The van der Waals surface area contributed by atoms with Crippen LogP contribution in [0.1, 0.15) is 65.2 Å². The van der Waals surface area contributed by atoms with E-state index in [-0.39, 0.29) is 9.79 Å². The van der Waals surface area contributed by atoms with Crippen LogP contribution in [0.4, 0.5) is 0 Å². The number of hydrogen-bond donors (Lipinski definition) is 2. The van der Waals surface area contributed by atoms with Crippen molar-refractivity contribution in [1.29, 1.82) is 0 Å². The third-order valence-corrected chi connectivity index (χ3v) is 13.1. The second kappa shape index (κ2) is 17.7. The Morgan fingerprint density at radius 3 is 1.53 bits per heavy atom. The highest BCUT2D eigenvalue weighted by atomic mass is 33.1. The van der Waals surface area contributed by atoms with Crippen molar-refractivity contribution in [2.75, 3.05) is 11.5 Å². The van der Waals surface area contributed by atoms with Crippen LogP contribution in [0.2, 0.25) is 0 Å². The van der Waals surface area contributed by atoms with Gasteiger partial charge in [-0.25, -0.2) is 16.8 Å². The first-order valence-electron chi connectivity index (χ1n) is 10.9. The van der Waals surface area contributed by atoms with E-state index < -0.39 is 17.7 Å². The zero-order chi connectivity index (χ0) is 25.5. The fourth-order valence-electron chi connectivity index (χ4n) is 2.51. The van der Waals surface area contributed by atoms with E-state index in [0.29, 0.717) is 30.6 Å². The van der Waals surface area contributed by atoms with E-state index in [1.807, 2.05) is 0 Å². The lowest BCUT2D eigenvalue weighted by atomic mass is 10.2. The Morgan fingerprint density at radius 2 is 1.15 bits per heavy atom. The van der Waals surface area contributed by atoms with Crippen LogP contribution in [0.15, 0.2) is 34.1 Å². The van der Waals surface area contributed by atoms with Crippen molar-refractivity contribution in [3.05, 3.63) is 24.3 Å². The van der Waals surface area contributed by atoms with Gasteiger partial charge in [-0.1, -0.05) is 106 Å². The minimum absolute atomic E-state index is 0.115. The summed E-state index contributed by atoms with van der Waals surface area (Å²) in [5, 5.41) is 0. The normalized spacial score (nSPS) is 11.8. The van der Waals surface area contributed by atoms with Crippen molar-refractivity contribution >= 4 is 96.3 Å². The van der Waals surface area contributed by atoms with Crippen LogP contribution in [-0.2, 0) is 17.7 Å². The van der Waals surface area contributed by atoms with E-state index in [4.69, 9.17) is 24.4 Å². The average Bonchev–Trinajstić information content (AvgIpc) is 2.81. The molecule has 0 aliphatic rings. The van der Waals surface area contributed by atoms with Gasteiger partial charge in [-0.2, -0.15) is 0 Å². The molecule has 1 rings (SSSR count). The predicted octanol–water partition coefficient (Wildman–Crippen LogP) is 6.74. The number of hydrogen-bond acceptors (Lipinski definition) is 10. The van der Waals surface area contributed by atoms with Crippen LogP contribution in [0, 0.1) is 0 Å². The predicted molar refractivity (Wildman–Crippen MR) is 161 cm³/mol. The molecule has 0 heterocycles. The molecule has 0 atom stereocenters. The molecule has 0 unspecified atom stereocenters. The monoisotopic (exact) mass is 620 g/mol. The Bertz CT molecular complexity index is 909. The van der Waals surface area contributed by atoms with E-state index >= 15 is 0 Å². The van der Waals surface area contributed by atoms with Crippen molar-refractivity contribution < 1.29 is 16.8 Å². The van der Waals surface area contributed by atoms with Crippen LogP contribution in [0.3, 0.4) is 0 Å². The standard InChI is InChI=1S/C20H32N2O4S8/c1-3-5-7-9-14-29-19(27)21-31-33(23,24)17-12-11-13-18(16-17)34(25,26)32-22-20(28)30-15-10-8-6-4-2/h11-13,16H,3-10,14-15H2,1-2H3,(H,21,27)(H,22,28). The Labute approximate surface area is 231 Å². The third-order valence-electron chi connectivity index (χ3n) is 4.31. The van der Waals surface area contributed by atoms with Gasteiger partial charge in [0.25, 0.3) is 0 Å². The Balaban J connectivity index is 2.61. The minimum Gasteiger partial charge on any atom is -0.302 e. The van der Waals surface area contributed by atoms with E-state index in [1.165, 1.54) is 54.6 Å². The summed E-state index contributed by atoms with van der Waals surface area (Å²) < 4.78 is 56.8. The van der Waals surface area contributed by atoms with Gasteiger partial charge in [0.1, 0.15) is 8.64 Å². The van der Waals surface area contributed by atoms with Gasteiger partial charge >= 0.3 is 0 Å². The fraction of sp³-hybridized carbons (Fsp3) is 0.600. The van der Waals surface area contributed by atoms with Crippen molar-refractivity contribution in [2.24, 2.45) is 0 Å². The molecule has 6 nitrogen and oxygen atoms in total. The van der Waals surface area contributed by atoms with Crippen LogP contribution < -0.4 is 9.44 Å². The van der Waals surface area contributed by atoms with E-state index in [0.717, 1.165) is 56.1 Å². The van der Waals surface area contributed by atoms with E-state index in [1.54, 1.807) is 0 Å². The van der Waals surface area contributed by atoms with Crippen LogP contribution >= 0.6 is 69.9 Å². The second-order valence-electron chi connectivity index (χ2n) is 7.15. The van der Waals surface area contributed by atoms with Crippen molar-refractivity contribution in [2.45, 2.75) is 75.0 Å².